The van der Waals surface area contributed by atoms with Crippen LogP contribution in [0.5, 0.6) is 0 Å². The van der Waals surface area contributed by atoms with Gasteiger partial charge < -0.3 is 16.2 Å². The van der Waals surface area contributed by atoms with Crippen LogP contribution in [0.1, 0.15) is 18.0 Å². The van der Waals surface area contributed by atoms with Crippen molar-refractivity contribution in [3.63, 3.8) is 0 Å². The number of nitrogens with two attached hydrogens (primary N) is 1. The highest BCUT2D eigenvalue weighted by Gasteiger charge is 2.06. The lowest BCUT2D eigenvalue weighted by Gasteiger charge is -2.11. The molecule has 0 spiro atoms. The number of rotatable bonds is 4. The first-order valence-electron chi connectivity index (χ1n) is 4.57. The highest BCUT2D eigenvalue weighted by molar-refractivity contribution is 6.30. The number of hydrogen-bond donors (Lipinski definition) is 3. The van der Waals surface area contributed by atoms with Crippen molar-refractivity contribution in [1.82, 2.24) is 5.32 Å². The van der Waals surface area contributed by atoms with Gasteiger partial charge >= 0.3 is 6.09 Å². The lowest BCUT2D eigenvalue weighted by atomic mass is 10.1. The second-order valence-electron chi connectivity index (χ2n) is 3.18. The summed E-state index contributed by atoms with van der Waals surface area (Å²) in [6.45, 7) is 0.336. The molecule has 82 valence electrons. The van der Waals surface area contributed by atoms with E-state index >= 15 is 0 Å². The summed E-state index contributed by atoms with van der Waals surface area (Å²) in [5.41, 5.74) is 6.77. The van der Waals surface area contributed by atoms with Crippen LogP contribution in [0.4, 0.5) is 4.79 Å². The van der Waals surface area contributed by atoms with E-state index < -0.39 is 6.09 Å². The van der Waals surface area contributed by atoms with E-state index in [0.717, 1.165) is 5.56 Å². The number of carboxylic acid groups (broad SMARTS) is 1. The topological polar surface area (TPSA) is 75.3 Å². The second kappa shape index (κ2) is 5.58. The summed E-state index contributed by atoms with van der Waals surface area (Å²) >= 11 is 5.81. The van der Waals surface area contributed by atoms with E-state index in [1.54, 1.807) is 12.1 Å². The van der Waals surface area contributed by atoms with E-state index in [1.807, 2.05) is 12.1 Å². The molecule has 1 rings (SSSR count). The van der Waals surface area contributed by atoms with Crippen LogP contribution in [0.25, 0.3) is 0 Å². The first-order chi connectivity index (χ1) is 7.09. The zero-order valence-electron chi connectivity index (χ0n) is 8.11. The molecule has 0 aromatic heterocycles. The van der Waals surface area contributed by atoms with Gasteiger partial charge in [0.25, 0.3) is 0 Å². The number of benzene rings is 1. The van der Waals surface area contributed by atoms with Gasteiger partial charge in [-0.3, -0.25) is 0 Å². The SMILES string of the molecule is NC(CCNC(=O)O)c1cccc(Cl)c1. The summed E-state index contributed by atoms with van der Waals surface area (Å²) in [6.07, 6.45) is -0.486. The molecule has 0 fully saturated rings. The summed E-state index contributed by atoms with van der Waals surface area (Å²) < 4.78 is 0. The predicted molar refractivity (Wildman–Crippen MR) is 59.0 cm³/mol. The van der Waals surface area contributed by atoms with Crippen LogP contribution in [0.2, 0.25) is 5.02 Å². The summed E-state index contributed by atoms with van der Waals surface area (Å²) in [5, 5.41) is 11.3. The molecule has 4 nitrogen and oxygen atoms in total. The van der Waals surface area contributed by atoms with Crippen molar-refractivity contribution in [3.8, 4) is 0 Å². The minimum atomic E-state index is -1.03. The average Bonchev–Trinajstić information content (AvgIpc) is 2.17. The van der Waals surface area contributed by atoms with Crippen molar-refractivity contribution in [2.24, 2.45) is 5.73 Å². The van der Waals surface area contributed by atoms with Gasteiger partial charge in [0, 0.05) is 17.6 Å². The molecule has 0 heterocycles. The Balaban J connectivity index is 2.46. The summed E-state index contributed by atoms with van der Waals surface area (Å²) in [4.78, 5) is 10.2. The third-order valence-corrected chi connectivity index (χ3v) is 2.24. The van der Waals surface area contributed by atoms with Crippen molar-refractivity contribution in [2.45, 2.75) is 12.5 Å². The molecule has 1 aromatic rings. The van der Waals surface area contributed by atoms with Crippen LogP contribution in [0, 0.1) is 0 Å². The third-order valence-electron chi connectivity index (χ3n) is 2.01. The number of nitrogens with one attached hydrogen (secondary N) is 1. The first-order valence-corrected chi connectivity index (χ1v) is 4.95. The Kier molecular flexibility index (Phi) is 4.39. The van der Waals surface area contributed by atoms with Crippen molar-refractivity contribution in [1.29, 1.82) is 0 Å². The molecule has 0 saturated carbocycles. The quantitative estimate of drug-likeness (QED) is 0.738. The molecule has 5 heteroatoms. The molecule has 0 saturated heterocycles. The summed E-state index contributed by atoms with van der Waals surface area (Å²) in [5.74, 6) is 0. The van der Waals surface area contributed by atoms with Gasteiger partial charge in [0.1, 0.15) is 0 Å². The van der Waals surface area contributed by atoms with Gasteiger partial charge in [0.2, 0.25) is 0 Å². The lowest BCUT2D eigenvalue weighted by Crippen LogP contribution is -2.25. The zero-order valence-corrected chi connectivity index (χ0v) is 8.87. The Hall–Kier alpha value is -1.26. The fourth-order valence-electron chi connectivity index (χ4n) is 1.24. The highest BCUT2D eigenvalue weighted by Crippen LogP contribution is 2.17. The Labute approximate surface area is 93.0 Å². The van der Waals surface area contributed by atoms with E-state index in [0.29, 0.717) is 18.0 Å². The van der Waals surface area contributed by atoms with Crippen LogP contribution < -0.4 is 11.1 Å². The van der Waals surface area contributed by atoms with Crippen molar-refractivity contribution in [2.75, 3.05) is 6.54 Å². The Morgan fingerprint density at radius 1 is 1.60 bits per heavy atom. The molecule has 0 aliphatic rings. The molecule has 1 aromatic carbocycles. The number of amides is 1. The second-order valence-corrected chi connectivity index (χ2v) is 3.62. The van der Waals surface area contributed by atoms with Gasteiger partial charge in [0.15, 0.2) is 0 Å². The Morgan fingerprint density at radius 2 is 2.33 bits per heavy atom. The molecule has 4 N–H and O–H groups in total. The van der Waals surface area contributed by atoms with E-state index in [-0.39, 0.29) is 6.04 Å². The van der Waals surface area contributed by atoms with Crippen LogP contribution in [0.15, 0.2) is 24.3 Å². The maximum absolute atomic E-state index is 10.2. The van der Waals surface area contributed by atoms with Crippen LogP contribution in [0.3, 0.4) is 0 Å². The largest absolute Gasteiger partial charge is 0.465 e. The summed E-state index contributed by atoms with van der Waals surface area (Å²) in [6, 6.07) is 7.05. The van der Waals surface area contributed by atoms with Crippen LogP contribution >= 0.6 is 11.6 Å². The van der Waals surface area contributed by atoms with Crippen LogP contribution in [-0.4, -0.2) is 17.7 Å². The van der Waals surface area contributed by atoms with Gasteiger partial charge in [-0.05, 0) is 24.1 Å². The van der Waals surface area contributed by atoms with Crippen molar-refractivity contribution < 1.29 is 9.90 Å². The maximum atomic E-state index is 10.2. The average molecular weight is 229 g/mol. The monoisotopic (exact) mass is 228 g/mol. The van der Waals surface area contributed by atoms with E-state index in [4.69, 9.17) is 22.4 Å². The molecule has 0 aliphatic heterocycles. The standard InChI is InChI=1S/C10H13ClN2O2/c11-8-3-1-2-7(6-8)9(12)4-5-13-10(14)15/h1-3,6,9,13H,4-5,12H2,(H,14,15). The summed E-state index contributed by atoms with van der Waals surface area (Å²) in [7, 11) is 0. The minimum absolute atomic E-state index is 0.199. The Bertz CT molecular complexity index is 344. The first kappa shape index (κ1) is 11.8. The normalized spacial score (nSPS) is 12.1. The van der Waals surface area contributed by atoms with E-state index in [1.165, 1.54) is 0 Å². The number of halogens is 1. The van der Waals surface area contributed by atoms with Crippen LogP contribution in [-0.2, 0) is 0 Å². The number of carbonyl (C=O) groups is 1. The lowest BCUT2D eigenvalue weighted by molar-refractivity contribution is 0.194. The highest BCUT2D eigenvalue weighted by atomic mass is 35.5. The fraction of sp³-hybridized carbons (Fsp3) is 0.300. The van der Waals surface area contributed by atoms with Gasteiger partial charge in [-0.2, -0.15) is 0 Å². The zero-order chi connectivity index (χ0) is 11.3. The van der Waals surface area contributed by atoms with Crippen molar-refractivity contribution in [3.05, 3.63) is 34.9 Å². The molecular formula is C10H13ClN2O2. The van der Waals surface area contributed by atoms with Gasteiger partial charge in [-0.15, -0.1) is 0 Å². The fourth-order valence-corrected chi connectivity index (χ4v) is 1.44. The number of hydrogen-bond acceptors (Lipinski definition) is 2. The van der Waals surface area contributed by atoms with Gasteiger partial charge in [0.05, 0.1) is 0 Å². The molecule has 0 bridgehead atoms. The molecule has 1 atom stereocenters. The minimum Gasteiger partial charge on any atom is -0.465 e. The van der Waals surface area contributed by atoms with Gasteiger partial charge in [-0.25, -0.2) is 4.79 Å². The van der Waals surface area contributed by atoms with Crippen molar-refractivity contribution >= 4 is 17.7 Å². The predicted octanol–water partition coefficient (Wildman–Crippen LogP) is 2.00. The molecule has 1 amide bonds. The third kappa shape index (κ3) is 4.18. The van der Waals surface area contributed by atoms with E-state index in [2.05, 4.69) is 5.32 Å². The maximum Gasteiger partial charge on any atom is 0.404 e. The molecular weight excluding hydrogens is 216 g/mol. The molecule has 0 aliphatic carbocycles. The van der Waals surface area contributed by atoms with Gasteiger partial charge in [-0.1, -0.05) is 23.7 Å². The molecule has 0 radical (unpaired) electrons. The Morgan fingerprint density at radius 3 is 2.93 bits per heavy atom. The molecule has 15 heavy (non-hydrogen) atoms. The molecule has 1 unspecified atom stereocenters. The van der Waals surface area contributed by atoms with E-state index in [9.17, 15) is 4.79 Å². The smallest absolute Gasteiger partial charge is 0.404 e.